The fourth-order valence-corrected chi connectivity index (χ4v) is 2.69. The van der Waals surface area contributed by atoms with Crippen molar-refractivity contribution in [2.24, 2.45) is 19.8 Å². The van der Waals surface area contributed by atoms with Crippen LogP contribution in [0.4, 0.5) is 0 Å². The van der Waals surface area contributed by atoms with Crippen molar-refractivity contribution in [1.82, 2.24) is 9.13 Å². The first-order chi connectivity index (χ1) is 11.0. The second-order valence-electron chi connectivity index (χ2n) is 5.12. The molecule has 0 fully saturated rings. The molecule has 0 radical (unpaired) electrons. The summed E-state index contributed by atoms with van der Waals surface area (Å²) in [6.45, 7) is 0.581. The van der Waals surface area contributed by atoms with Crippen molar-refractivity contribution in [3.63, 3.8) is 0 Å². The summed E-state index contributed by atoms with van der Waals surface area (Å²) in [6.07, 6.45) is 2.15. The van der Waals surface area contributed by atoms with Crippen LogP contribution in [0.15, 0.2) is 60.8 Å². The van der Waals surface area contributed by atoms with Gasteiger partial charge in [0.2, 0.25) is 0 Å². The van der Waals surface area contributed by atoms with Crippen LogP contribution in [0.1, 0.15) is 5.56 Å². The number of hydrogen-bond donors (Lipinski definition) is 1. The van der Waals surface area contributed by atoms with E-state index >= 15 is 0 Å². The molecule has 3 rings (SSSR count). The minimum absolute atomic E-state index is 0.581. The zero-order chi connectivity index (χ0) is 16.8. The van der Waals surface area contributed by atoms with Gasteiger partial charge in [-0.1, -0.05) is 23.7 Å². The molecule has 124 valence electrons. The molecule has 2 aromatic carbocycles. The predicted octanol–water partition coefficient (Wildman–Crippen LogP) is 3.91. The van der Waals surface area contributed by atoms with Crippen molar-refractivity contribution in [3.05, 3.63) is 75.2 Å². The first-order valence-corrected chi connectivity index (χ1v) is 8.72. The Balaban J connectivity index is 0.000000185. The van der Waals surface area contributed by atoms with Crippen LogP contribution < -0.4 is 5.73 Å². The van der Waals surface area contributed by atoms with Gasteiger partial charge < -0.3 is 5.73 Å². The number of halogens is 1. The Morgan fingerprint density at radius 2 is 1.61 bits per heavy atom. The van der Waals surface area contributed by atoms with Crippen LogP contribution in [0.3, 0.4) is 0 Å². The zero-order valence-electron chi connectivity index (χ0n) is 13.1. The average molecular weight is 509 g/mol. The standard InChI is InChI=1S/C11H12N2.C7H8ClN.Pt/c1-12-8-11(13(2)9-12)10-6-4-3-5-7-10;8-7-3-1-6(5-9)2-4-7;/h3-8H,1-2H3;1-4H,5,9H2;. The number of nitrogens with two attached hydrogens (primary N) is 1. The van der Waals surface area contributed by atoms with E-state index in [2.05, 4.69) is 73.0 Å². The Morgan fingerprint density at radius 1 is 1.00 bits per heavy atom. The molecule has 0 aliphatic carbocycles. The number of nitrogens with zero attached hydrogens (tertiary/aromatic N) is 2. The summed E-state index contributed by atoms with van der Waals surface area (Å²) in [5.41, 5.74) is 8.97. The van der Waals surface area contributed by atoms with Gasteiger partial charge in [-0.05, 0) is 17.7 Å². The average Bonchev–Trinajstić information content (AvgIpc) is 2.84. The van der Waals surface area contributed by atoms with Crippen molar-refractivity contribution in [2.75, 3.05) is 0 Å². The Morgan fingerprint density at radius 3 is 2.09 bits per heavy atom. The Bertz CT molecular complexity index is 805. The molecule has 0 amide bonds. The van der Waals surface area contributed by atoms with E-state index in [-0.39, 0.29) is 0 Å². The summed E-state index contributed by atoms with van der Waals surface area (Å²) < 4.78 is 5.55. The van der Waals surface area contributed by atoms with E-state index in [0.29, 0.717) is 6.54 Å². The van der Waals surface area contributed by atoms with Gasteiger partial charge in [0.15, 0.2) is 0 Å². The van der Waals surface area contributed by atoms with Gasteiger partial charge >= 0.3 is 94.2 Å². The van der Waals surface area contributed by atoms with Crippen LogP contribution in [0.25, 0.3) is 11.3 Å². The third-order valence-corrected chi connectivity index (χ3v) is 5.24. The number of rotatable bonds is 2. The summed E-state index contributed by atoms with van der Waals surface area (Å²) in [5, 5.41) is 0.757. The second-order valence-corrected chi connectivity index (χ2v) is 6.57. The molecule has 0 saturated heterocycles. The molecule has 3 aromatic rings. The van der Waals surface area contributed by atoms with Crippen LogP contribution in [0.5, 0.6) is 0 Å². The van der Waals surface area contributed by atoms with Crippen LogP contribution in [0.2, 0.25) is 5.02 Å². The largest absolute Gasteiger partial charge is 0.326 e. The number of benzene rings is 2. The molecule has 0 saturated carbocycles. The summed E-state index contributed by atoms with van der Waals surface area (Å²) in [7, 11) is 4.15. The normalized spacial score (nSPS) is 10.2. The SMILES string of the molecule is Cn1cc(-c2ccccc2)n(C)[c]1=[Pt].NCc1ccc(Cl)cc1. The smallest absolute Gasteiger partial charge is 0.0406 e. The fourth-order valence-electron chi connectivity index (χ4n) is 2.15. The third kappa shape index (κ3) is 4.78. The van der Waals surface area contributed by atoms with Crippen LogP contribution in [0, 0.1) is 3.80 Å². The van der Waals surface area contributed by atoms with Gasteiger partial charge in [-0.2, -0.15) is 0 Å². The van der Waals surface area contributed by atoms with Gasteiger partial charge in [-0.25, -0.2) is 0 Å². The maximum Gasteiger partial charge on any atom is 0.0406 e. The Labute approximate surface area is 152 Å². The Hall–Kier alpha value is -1.41. The van der Waals surface area contributed by atoms with Crippen LogP contribution >= 0.6 is 11.6 Å². The quantitative estimate of drug-likeness (QED) is 0.560. The predicted molar refractivity (Wildman–Crippen MR) is 92.4 cm³/mol. The van der Waals surface area contributed by atoms with E-state index in [1.165, 1.54) is 15.1 Å². The monoisotopic (exact) mass is 508 g/mol. The molecule has 5 heteroatoms. The molecule has 1 aromatic heterocycles. The molecule has 3 nitrogen and oxygen atoms in total. The summed E-state index contributed by atoms with van der Waals surface area (Å²) in [4.78, 5) is 0. The summed E-state index contributed by atoms with van der Waals surface area (Å²) in [6, 6.07) is 17.9. The van der Waals surface area contributed by atoms with Crippen molar-refractivity contribution in [1.29, 1.82) is 0 Å². The second kappa shape index (κ2) is 8.44. The minimum atomic E-state index is 0.581. The van der Waals surface area contributed by atoms with Crippen molar-refractivity contribution in [3.8, 4) is 11.3 Å². The topological polar surface area (TPSA) is 35.9 Å². The molecule has 0 bridgehead atoms. The van der Waals surface area contributed by atoms with E-state index < -0.39 is 0 Å². The first kappa shape index (κ1) is 17.9. The van der Waals surface area contributed by atoms with Crippen LogP contribution in [-0.2, 0) is 40.0 Å². The molecular formula is C18H20ClN3Pt. The minimum Gasteiger partial charge on any atom is -0.326 e. The van der Waals surface area contributed by atoms with Gasteiger partial charge in [-0.15, -0.1) is 0 Å². The molecule has 0 unspecified atom stereocenters. The number of hydrogen-bond acceptors (Lipinski definition) is 1. The fraction of sp³-hybridized carbons (Fsp3) is 0.167. The molecular weight excluding hydrogens is 489 g/mol. The summed E-state index contributed by atoms with van der Waals surface area (Å²) >= 11 is 7.95. The molecule has 2 N–H and O–H groups in total. The molecule has 0 aliphatic heterocycles. The Kier molecular flexibility index (Phi) is 6.58. The number of imidazole rings is 1. The summed E-state index contributed by atoms with van der Waals surface area (Å²) in [5.74, 6) is 0. The molecule has 23 heavy (non-hydrogen) atoms. The van der Waals surface area contributed by atoms with Crippen molar-refractivity contribution < 1.29 is 19.4 Å². The van der Waals surface area contributed by atoms with Gasteiger partial charge in [0, 0.05) is 11.6 Å². The molecule has 0 atom stereocenters. The van der Waals surface area contributed by atoms with E-state index in [1.807, 2.05) is 30.3 Å². The number of aryl methyl sites for hydroxylation is 1. The zero-order valence-corrected chi connectivity index (χ0v) is 16.2. The van der Waals surface area contributed by atoms with E-state index in [9.17, 15) is 0 Å². The first-order valence-electron chi connectivity index (χ1n) is 7.20. The van der Waals surface area contributed by atoms with Crippen LogP contribution in [-0.4, -0.2) is 9.13 Å². The maximum atomic E-state index is 5.63. The van der Waals surface area contributed by atoms with Gasteiger partial charge in [0.1, 0.15) is 0 Å². The van der Waals surface area contributed by atoms with E-state index in [0.717, 1.165) is 10.6 Å². The third-order valence-electron chi connectivity index (χ3n) is 3.42. The molecule has 0 aliphatic rings. The van der Waals surface area contributed by atoms with Crippen molar-refractivity contribution in [2.45, 2.75) is 6.54 Å². The van der Waals surface area contributed by atoms with E-state index in [1.54, 1.807) is 0 Å². The molecule has 0 spiro atoms. The number of aromatic nitrogens is 2. The van der Waals surface area contributed by atoms with Gasteiger partial charge in [0.25, 0.3) is 0 Å². The van der Waals surface area contributed by atoms with Gasteiger partial charge in [0.05, 0.1) is 0 Å². The van der Waals surface area contributed by atoms with Gasteiger partial charge in [-0.3, -0.25) is 0 Å². The van der Waals surface area contributed by atoms with Crippen molar-refractivity contribution >= 4 is 11.6 Å². The molecule has 1 heterocycles. The van der Waals surface area contributed by atoms with E-state index in [4.69, 9.17) is 17.3 Å². The maximum absolute atomic E-state index is 5.63.